The molecule has 0 aliphatic carbocycles. The predicted molar refractivity (Wildman–Crippen MR) is 122 cm³/mol. The molecule has 0 saturated carbocycles. The van der Waals surface area contributed by atoms with Crippen LogP contribution in [0.4, 0.5) is 16.2 Å². The van der Waals surface area contributed by atoms with Crippen LogP contribution in [0.1, 0.15) is 30.5 Å². The van der Waals surface area contributed by atoms with Crippen LogP contribution >= 0.6 is 0 Å². The predicted octanol–water partition coefficient (Wildman–Crippen LogP) is 4.50. The minimum Gasteiger partial charge on any atom is -0.372 e. The molecular formula is C24H34N4O. The number of amides is 2. The summed E-state index contributed by atoms with van der Waals surface area (Å²) in [6, 6.07) is 14.9. The summed E-state index contributed by atoms with van der Waals surface area (Å²) >= 11 is 0. The molecule has 156 valence electrons. The standard InChI is InChI=1S/C24H34N4O/c1-5-27(6-2)22-10-11-23(20(4)17-22)25-24(29)28-14-12-26(13-15-28)18-21-9-7-8-19(3)16-21/h7-11,16-17H,5-6,12-15,18H2,1-4H3,(H,25,29). The lowest BCUT2D eigenvalue weighted by atomic mass is 10.1. The number of anilines is 2. The molecule has 0 bridgehead atoms. The number of carbonyl (C=O) groups is 1. The average Bonchev–Trinajstić information content (AvgIpc) is 2.71. The van der Waals surface area contributed by atoms with Gasteiger partial charge in [0.1, 0.15) is 0 Å². The molecule has 5 heteroatoms. The summed E-state index contributed by atoms with van der Waals surface area (Å²) in [6.45, 7) is 14.7. The number of hydrogen-bond acceptors (Lipinski definition) is 3. The maximum Gasteiger partial charge on any atom is 0.321 e. The Hall–Kier alpha value is -2.53. The van der Waals surface area contributed by atoms with Crippen molar-refractivity contribution in [2.45, 2.75) is 34.2 Å². The van der Waals surface area contributed by atoms with Gasteiger partial charge in [-0.15, -0.1) is 0 Å². The average molecular weight is 395 g/mol. The normalized spacial score (nSPS) is 14.7. The molecule has 2 amide bonds. The molecule has 5 nitrogen and oxygen atoms in total. The summed E-state index contributed by atoms with van der Waals surface area (Å²) in [4.78, 5) is 19.4. The van der Waals surface area contributed by atoms with Crippen LogP contribution in [0.2, 0.25) is 0 Å². The number of piperazine rings is 1. The van der Waals surface area contributed by atoms with Gasteiger partial charge >= 0.3 is 6.03 Å². The third kappa shape index (κ3) is 5.51. The lowest BCUT2D eigenvalue weighted by molar-refractivity contribution is 0.143. The van der Waals surface area contributed by atoms with Crippen LogP contribution in [-0.4, -0.2) is 55.1 Å². The SMILES string of the molecule is CCN(CC)c1ccc(NC(=O)N2CCN(Cc3cccc(C)c3)CC2)c(C)c1. The Kier molecular flexibility index (Phi) is 7.15. The van der Waals surface area contributed by atoms with E-state index in [4.69, 9.17) is 0 Å². The molecule has 2 aromatic rings. The van der Waals surface area contributed by atoms with Gasteiger partial charge in [-0.25, -0.2) is 4.79 Å². The first-order valence-electron chi connectivity index (χ1n) is 10.7. The van der Waals surface area contributed by atoms with Gasteiger partial charge < -0.3 is 15.1 Å². The quantitative estimate of drug-likeness (QED) is 0.784. The van der Waals surface area contributed by atoms with E-state index in [1.165, 1.54) is 16.8 Å². The number of benzene rings is 2. The molecular weight excluding hydrogens is 360 g/mol. The minimum absolute atomic E-state index is 0.00102. The summed E-state index contributed by atoms with van der Waals surface area (Å²) in [5.41, 5.74) is 5.83. The van der Waals surface area contributed by atoms with Gasteiger partial charge in [0.2, 0.25) is 0 Å². The lowest BCUT2D eigenvalue weighted by Gasteiger charge is -2.35. The lowest BCUT2D eigenvalue weighted by Crippen LogP contribution is -2.49. The van der Waals surface area contributed by atoms with Crippen LogP contribution in [0, 0.1) is 13.8 Å². The van der Waals surface area contributed by atoms with Crippen molar-refractivity contribution in [2.75, 3.05) is 49.5 Å². The maximum atomic E-state index is 12.7. The third-order valence-electron chi connectivity index (χ3n) is 5.73. The highest BCUT2D eigenvalue weighted by Gasteiger charge is 2.21. The summed E-state index contributed by atoms with van der Waals surface area (Å²) in [5, 5.41) is 3.10. The first-order valence-corrected chi connectivity index (χ1v) is 10.7. The second-order valence-corrected chi connectivity index (χ2v) is 7.85. The fraction of sp³-hybridized carbons (Fsp3) is 0.458. The van der Waals surface area contributed by atoms with E-state index in [0.29, 0.717) is 0 Å². The Morgan fingerprint density at radius 3 is 2.34 bits per heavy atom. The van der Waals surface area contributed by atoms with Crippen molar-refractivity contribution in [1.82, 2.24) is 9.80 Å². The Morgan fingerprint density at radius 2 is 1.72 bits per heavy atom. The number of rotatable bonds is 6. The molecule has 2 aromatic carbocycles. The first-order chi connectivity index (χ1) is 14.0. The molecule has 1 aliphatic rings. The van der Waals surface area contributed by atoms with Gasteiger partial charge in [-0.2, -0.15) is 0 Å². The topological polar surface area (TPSA) is 38.8 Å². The molecule has 0 unspecified atom stereocenters. The fourth-order valence-corrected chi connectivity index (χ4v) is 3.95. The maximum absolute atomic E-state index is 12.7. The molecule has 0 radical (unpaired) electrons. The fourth-order valence-electron chi connectivity index (χ4n) is 3.95. The van der Waals surface area contributed by atoms with Crippen molar-refractivity contribution in [1.29, 1.82) is 0 Å². The number of hydrogen-bond donors (Lipinski definition) is 1. The van der Waals surface area contributed by atoms with E-state index in [1.807, 2.05) is 11.0 Å². The van der Waals surface area contributed by atoms with Crippen LogP contribution in [0.5, 0.6) is 0 Å². The van der Waals surface area contributed by atoms with E-state index in [2.05, 4.69) is 79.2 Å². The molecule has 1 saturated heterocycles. The van der Waals surface area contributed by atoms with E-state index in [9.17, 15) is 4.79 Å². The zero-order chi connectivity index (χ0) is 20.8. The monoisotopic (exact) mass is 394 g/mol. The first kappa shape index (κ1) is 21.2. The zero-order valence-corrected chi connectivity index (χ0v) is 18.2. The Bertz CT molecular complexity index is 823. The number of urea groups is 1. The third-order valence-corrected chi connectivity index (χ3v) is 5.73. The molecule has 0 spiro atoms. The van der Waals surface area contributed by atoms with E-state index < -0.39 is 0 Å². The van der Waals surface area contributed by atoms with E-state index in [-0.39, 0.29) is 6.03 Å². The number of carbonyl (C=O) groups excluding carboxylic acids is 1. The number of nitrogens with one attached hydrogen (secondary N) is 1. The van der Waals surface area contributed by atoms with Gasteiger partial charge in [-0.1, -0.05) is 29.8 Å². The van der Waals surface area contributed by atoms with Crippen molar-refractivity contribution in [2.24, 2.45) is 0 Å². The van der Waals surface area contributed by atoms with Crippen LogP contribution in [0.3, 0.4) is 0 Å². The Morgan fingerprint density at radius 1 is 1.00 bits per heavy atom. The highest BCUT2D eigenvalue weighted by atomic mass is 16.2. The van der Waals surface area contributed by atoms with E-state index in [1.54, 1.807) is 0 Å². The largest absolute Gasteiger partial charge is 0.372 e. The highest BCUT2D eigenvalue weighted by molar-refractivity contribution is 5.90. The second kappa shape index (κ2) is 9.79. The van der Waals surface area contributed by atoms with Gasteiger partial charge in [-0.3, -0.25) is 4.90 Å². The second-order valence-electron chi connectivity index (χ2n) is 7.85. The van der Waals surface area contributed by atoms with Crippen molar-refractivity contribution >= 4 is 17.4 Å². The summed E-state index contributed by atoms with van der Waals surface area (Å²) in [5.74, 6) is 0. The van der Waals surface area contributed by atoms with E-state index >= 15 is 0 Å². The molecule has 0 atom stereocenters. The number of nitrogens with zero attached hydrogens (tertiary/aromatic N) is 3. The molecule has 1 fully saturated rings. The summed E-state index contributed by atoms with van der Waals surface area (Å²) in [7, 11) is 0. The van der Waals surface area contributed by atoms with Crippen LogP contribution in [-0.2, 0) is 6.54 Å². The van der Waals surface area contributed by atoms with Gasteiger partial charge in [0, 0.05) is 57.2 Å². The molecule has 29 heavy (non-hydrogen) atoms. The van der Waals surface area contributed by atoms with Gasteiger partial charge in [-0.05, 0) is 57.0 Å². The van der Waals surface area contributed by atoms with Crippen molar-refractivity contribution in [3.05, 3.63) is 59.2 Å². The molecule has 3 rings (SSSR count). The van der Waals surface area contributed by atoms with E-state index in [0.717, 1.165) is 57.1 Å². The van der Waals surface area contributed by atoms with Gasteiger partial charge in [0.25, 0.3) is 0 Å². The Labute approximate surface area is 175 Å². The highest BCUT2D eigenvalue weighted by Crippen LogP contribution is 2.23. The molecule has 1 heterocycles. The van der Waals surface area contributed by atoms with Gasteiger partial charge in [0.15, 0.2) is 0 Å². The van der Waals surface area contributed by atoms with Gasteiger partial charge in [0.05, 0.1) is 0 Å². The summed E-state index contributed by atoms with van der Waals surface area (Å²) in [6.07, 6.45) is 0. The van der Waals surface area contributed by atoms with Crippen LogP contribution in [0.15, 0.2) is 42.5 Å². The smallest absolute Gasteiger partial charge is 0.321 e. The Balaban J connectivity index is 1.53. The minimum atomic E-state index is -0.00102. The zero-order valence-electron chi connectivity index (χ0n) is 18.2. The van der Waals surface area contributed by atoms with Crippen molar-refractivity contribution in [3.8, 4) is 0 Å². The van der Waals surface area contributed by atoms with Crippen molar-refractivity contribution < 1.29 is 4.79 Å². The van der Waals surface area contributed by atoms with Crippen molar-refractivity contribution in [3.63, 3.8) is 0 Å². The molecule has 0 aromatic heterocycles. The number of aryl methyl sites for hydroxylation is 2. The molecule has 1 N–H and O–H groups in total. The summed E-state index contributed by atoms with van der Waals surface area (Å²) < 4.78 is 0. The van der Waals surface area contributed by atoms with Crippen LogP contribution in [0.25, 0.3) is 0 Å². The molecule has 1 aliphatic heterocycles. The van der Waals surface area contributed by atoms with Crippen LogP contribution < -0.4 is 10.2 Å².